The Kier molecular flexibility index (Phi) is 6.34. The van der Waals surface area contributed by atoms with Crippen LogP contribution in [-0.4, -0.2) is 50.7 Å². The Labute approximate surface area is 140 Å². The second-order valence-electron chi connectivity index (χ2n) is 5.21. The first-order valence-electron chi connectivity index (χ1n) is 6.77. The number of hydrogen-bond acceptors (Lipinski definition) is 3. The quantitative estimate of drug-likeness (QED) is 0.703. The molecule has 1 rings (SSSR count). The van der Waals surface area contributed by atoms with Crippen molar-refractivity contribution in [3.05, 3.63) is 40.4 Å². The molecule has 0 heterocycles. The van der Waals surface area contributed by atoms with Crippen LogP contribution >= 0.6 is 15.9 Å². The van der Waals surface area contributed by atoms with Crippen LogP contribution in [0.25, 0.3) is 0 Å². The predicted molar refractivity (Wildman–Crippen MR) is 91.4 cm³/mol. The summed E-state index contributed by atoms with van der Waals surface area (Å²) in [6.45, 7) is 8.50. The summed E-state index contributed by atoms with van der Waals surface area (Å²) >= 11 is 3.23. The van der Waals surface area contributed by atoms with Gasteiger partial charge in [0.1, 0.15) is 0 Å². The summed E-state index contributed by atoms with van der Waals surface area (Å²) in [5.74, 6) is -0.215. The molecule has 7 heteroatoms. The molecular weight excluding hydrogens is 368 g/mol. The monoisotopic (exact) mass is 388 g/mol. The SMILES string of the molecule is C=C(C)CN(CC)C(=O)c1ccc(Br)c(S(=O)(=O)N(C)C)c1. The molecule has 5 nitrogen and oxygen atoms in total. The van der Waals surface area contributed by atoms with Crippen LogP contribution in [0.1, 0.15) is 24.2 Å². The zero-order valence-corrected chi connectivity index (χ0v) is 15.7. The molecule has 0 fully saturated rings. The van der Waals surface area contributed by atoms with Gasteiger partial charge >= 0.3 is 0 Å². The van der Waals surface area contributed by atoms with Crippen LogP contribution in [0.5, 0.6) is 0 Å². The lowest BCUT2D eigenvalue weighted by Crippen LogP contribution is -2.32. The molecule has 0 aromatic heterocycles. The van der Waals surface area contributed by atoms with Gasteiger partial charge in [0.05, 0.1) is 4.90 Å². The van der Waals surface area contributed by atoms with E-state index in [9.17, 15) is 13.2 Å². The second-order valence-corrected chi connectivity index (χ2v) is 8.18. The largest absolute Gasteiger partial charge is 0.335 e. The number of amides is 1. The van der Waals surface area contributed by atoms with Crippen LogP contribution < -0.4 is 0 Å². The first-order valence-corrected chi connectivity index (χ1v) is 9.00. The third-order valence-electron chi connectivity index (χ3n) is 3.07. The molecule has 0 bridgehead atoms. The normalized spacial score (nSPS) is 11.5. The Morgan fingerprint density at radius 2 is 1.91 bits per heavy atom. The van der Waals surface area contributed by atoms with Crippen molar-refractivity contribution in [2.24, 2.45) is 0 Å². The molecule has 122 valence electrons. The van der Waals surface area contributed by atoms with Crippen molar-refractivity contribution < 1.29 is 13.2 Å². The van der Waals surface area contributed by atoms with Gasteiger partial charge in [-0.25, -0.2) is 12.7 Å². The molecule has 0 radical (unpaired) electrons. The molecule has 1 amide bonds. The van der Waals surface area contributed by atoms with E-state index in [1.165, 1.54) is 20.2 Å². The maximum atomic E-state index is 12.5. The number of likely N-dealkylation sites (N-methyl/N-ethyl adjacent to an activating group) is 1. The topological polar surface area (TPSA) is 57.7 Å². The highest BCUT2D eigenvalue weighted by molar-refractivity contribution is 9.10. The van der Waals surface area contributed by atoms with E-state index in [0.717, 1.165) is 9.88 Å². The third kappa shape index (κ3) is 4.18. The van der Waals surface area contributed by atoms with Gasteiger partial charge < -0.3 is 4.90 Å². The zero-order valence-electron chi connectivity index (χ0n) is 13.3. The molecule has 0 saturated heterocycles. The fourth-order valence-electron chi connectivity index (χ4n) is 1.87. The molecule has 0 unspecified atom stereocenters. The average Bonchev–Trinajstić information content (AvgIpc) is 2.43. The van der Waals surface area contributed by atoms with Crippen molar-refractivity contribution in [2.45, 2.75) is 18.7 Å². The molecule has 0 aliphatic carbocycles. The van der Waals surface area contributed by atoms with Crippen molar-refractivity contribution in [1.82, 2.24) is 9.21 Å². The van der Waals surface area contributed by atoms with E-state index in [4.69, 9.17) is 0 Å². The molecular formula is C15H21BrN2O3S. The fraction of sp³-hybridized carbons (Fsp3) is 0.400. The fourth-order valence-corrected chi connectivity index (χ4v) is 3.71. The van der Waals surface area contributed by atoms with Gasteiger partial charge in [0, 0.05) is 37.2 Å². The highest BCUT2D eigenvalue weighted by Gasteiger charge is 2.23. The lowest BCUT2D eigenvalue weighted by atomic mass is 10.2. The van der Waals surface area contributed by atoms with Crippen molar-refractivity contribution >= 4 is 31.9 Å². The molecule has 1 aromatic rings. The Balaban J connectivity index is 3.29. The summed E-state index contributed by atoms with van der Waals surface area (Å²) in [6, 6.07) is 4.60. The van der Waals surface area contributed by atoms with E-state index in [-0.39, 0.29) is 10.8 Å². The van der Waals surface area contributed by atoms with Crippen molar-refractivity contribution in [2.75, 3.05) is 27.2 Å². The van der Waals surface area contributed by atoms with Gasteiger partial charge in [0.2, 0.25) is 10.0 Å². The molecule has 0 aliphatic heterocycles. The van der Waals surface area contributed by atoms with Crippen LogP contribution in [0.4, 0.5) is 0 Å². The zero-order chi connectivity index (χ0) is 17.1. The number of carbonyl (C=O) groups is 1. The maximum Gasteiger partial charge on any atom is 0.254 e. The standard InChI is InChI=1S/C15H21BrN2O3S/c1-6-18(10-11(2)3)15(19)12-7-8-13(16)14(9-12)22(20,21)17(4)5/h7-9H,2,6,10H2,1,3-5H3. The van der Waals surface area contributed by atoms with E-state index in [1.54, 1.807) is 17.0 Å². The van der Waals surface area contributed by atoms with Gasteiger partial charge in [-0.3, -0.25) is 4.79 Å². The molecule has 0 N–H and O–H groups in total. The first kappa shape index (κ1) is 18.9. The summed E-state index contributed by atoms with van der Waals surface area (Å²) in [7, 11) is -0.713. The van der Waals surface area contributed by atoms with Crippen molar-refractivity contribution in [3.63, 3.8) is 0 Å². The molecule has 1 aromatic carbocycles. The van der Waals surface area contributed by atoms with Crippen molar-refractivity contribution in [3.8, 4) is 0 Å². The summed E-state index contributed by atoms with van der Waals surface area (Å²) in [5.41, 5.74) is 1.21. The minimum atomic E-state index is -3.62. The van der Waals surface area contributed by atoms with E-state index in [0.29, 0.717) is 23.1 Å². The Morgan fingerprint density at radius 3 is 2.36 bits per heavy atom. The number of halogens is 1. The molecule has 0 aliphatic rings. The number of benzene rings is 1. The van der Waals surface area contributed by atoms with E-state index >= 15 is 0 Å². The Bertz CT molecular complexity index is 684. The summed E-state index contributed by atoms with van der Waals surface area (Å²) in [4.78, 5) is 14.2. The molecule has 0 atom stereocenters. The first-order chi connectivity index (χ1) is 10.1. The number of sulfonamides is 1. The Hall–Kier alpha value is -1.18. The van der Waals surface area contributed by atoms with E-state index < -0.39 is 10.0 Å². The smallest absolute Gasteiger partial charge is 0.254 e. The molecule has 0 saturated carbocycles. The van der Waals surface area contributed by atoms with Gasteiger partial charge in [-0.05, 0) is 48.0 Å². The Morgan fingerprint density at radius 1 is 1.32 bits per heavy atom. The van der Waals surface area contributed by atoms with Crippen LogP contribution in [-0.2, 0) is 10.0 Å². The predicted octanol–water partition coefficient (Wildman–Crippen LogP) is 2.74. The molecule has 0 spiro atoms. The highest BCUT2D eigenvalue weighted by Crippen LogP contribution is 2.25. The number of hydrogen-bond donors (Lipinski definition) is 0. The van der Waals surface area contributed by atoms with Gasteiger partial charge in [0.25, 0.3) is 5.91 Å². The van der Waals surface area contributed by atoms with Crippen molar-refractivity contribution in [1.29, 1.82) is 0 Å². The van der Waals surface area contributed by atoms with Gasteiger partial charge in [-0.2, -0.15) is 0 Å². The third-order valence-corrected chi connectivity index (χ3v) is 5.88. The van der Waals surface area contributed by atoms with Gasteiger partial charge in [-0.1, -0.05) is 12.2 Å². The lowest BCUT2D eigenvalue weighted by molar-refractivity contribution is 0.0778. The van der Waals surface area contributed by atoms with E-state index in [1.807, 2.05) is 13.8 Å². The highest BCUT2D eigenvalue weighted by atomic mass is 79.9. The van der Waals surface area contributed by atoms with Crippen LogP contribution in [0.2, 0.25) is 0 Å². The summed E-state index contributed by atoms with van der Waals surface area (Å²) in [5, 5.41) is 0. The van der Waals surface area contributed by atoms with Crippen LogP contribution in [0, 0.1) is 0 Å². The average molecular weight is 389 g/mol. The number of rotatable bonds is 6. The minimum Gasteiger partial charge on any atom is -0.335 e. The minimum absolute atomic E-state index is 0.0785. The lowest BCUT2D eigenvalue weighted by Gasteiger charge is -2.22. The van der Waals surface area contributed by atoms with Crippen LogP contribution in [0.15, 0.2) is 39.7 Å². The second kappa shape index (κ2) is 7.39. The van der Waals surface area contributed by atoms with Gasteiger partial charge in [-0.15, -0.1) is 0 Å². The molecule has 22 heavy (non-hydrogen) atoms. The maximum absolute atomic E-state index is 12.5. The number of nitrogens with zero attached hydrogens (tertiary/aromatic N) is 2. The van der Waals surface area contributed by atoms with E-state index in [2.05, 4.69) is 22.5 Å². The van der Waals surface area contributed by atoms with Gasteiger partial charge in [0.15, 0.2) is 0 Å². The summed E-state index contributed by atoms with van der Waals surface area (Å²) in [6.07, 6.45) is 0. The number of carbonyl (C=O) groups excluding carboxylic acids is 1. The van der Waals surface area contributed by atoms with Crippen LogP contribution in [0.3, 0.4) is 0 Å². The summed E-state index contributed by atoms with van der Waals surface area (Å²) < 4.78 is 26.2.